The molecule has 2 fully saturated rings. The highest BCUT2D eigenvalue weighted by molar-refractivity contribution is 4.90. The summed E-state index contributed by atoms with van der Waals surface area (Å²) in [6.07, 6.45) is 2.36. The van der Waals surface area contributed by atoms with E-state index in [9.17, 15) is 0 Å². The molecule has 0 amide bonds. The molecular weight excluding hydrogens is 104 g/mol. The van der Waals surface area contributed by atoms with Gasteiger partial charge in [0.1, 0.15) is 6.10 Å². The highest BCUT2D eigenvalue weighted by Gasteiger charge is 2.43. The molecule has 2 aliphatic heterocycles. The number of rotatable bonds is 0. The Labute approximate surface area is 48.8 Å². The fourth-order valence-electron chi connectivity index (χ4n) is 1.44. The third-order valence-corrected chi connectivity index (χ3v) is 1.93. The highest BCUT2D eigenvalue weighted by Crippen LogP contribution is 2.31. The van der Waals surface area contributed by atoms with Crippen LogP contribution >= 0.6 is 0 Å². The SMILES string of the molecule is C[C@@H]1O[C@@H]2CCO[C@H]12. The second kappa shape index (κ2) is 1.45. The third kappa shape index (κ3) is 0.446. The molecule has 0 saturated carbocycles. The van der Waals surface area contributed by atoms with Gasteiger partial charge in [-0.2, -0.15) is 0 Å². The zero-order valence-corrected chi connectivity index (χ0v) is 4.96. The summed E-state index contributed by atoms with van der Waals surface area (Å²) >= 11 is 0. The van der Waals surface area contributed by atoms with Crippen LogP contribution < -0.4 is 0 Å². The van der Waals surface area contributed by atoms with E-state index in [4.69, 9.17) is 9.47 Å². The Morgan fingerprint density at radius 1 is 1.50 bits per heavy atom. The van der Waals surface area contributed by atoms with Gasteiger partial charge in [0.15, 0.2) is 0 Å². The van der Waals surface area contributed by atoms with Gasteiger partial charge in [0.2, 0.25) is 0 Å². The van der Waals surface area contributed by atoms with E-state index >= 15 is 0 Å². The fourth-order valence-corrected chi connectivity index (χ4v) is 1.44. The summed E-state index contributed by atoms with van der Waals surface area (Å²) in [5.41, 5.74) is 0. The predicted octanol–water partition coefficient (Wildman–Crippen LogP) is 0.563. The van der Waals surface area contributed by atoms with E-state index in [1.165, 1.54) is 0 Å². The van der Waals surface area contributed by atoms with Crippen molar-refractivity contribution < 1.29 is 9.47 Å². The first-order valence-electron chi connectivity index (χ1n) is 3.15. The minimum atomic E-state index is 0.363. The Morgan fingerprint density at radius 3 is 2.88 bits per heavy atom. The van der Waals surface area contributed by atoms with E-state index in [1.807, 2.05) is 0 Å². The van der Waals surface area contributed by atoms with Crippen LogP contribution in [-0.4, -0.2) is 24.9 Å². The lowest BCUT2D eigenvalue weighted by atomic mass is 10.0. The van der Waals surface area contributed by atoms with Gasteiger partial charge in [-0.1, -0.05) is 0 Å². The van der Waals surface area contributed by atoms with Crippen molar-refractivity contribution in [3.63, 3.8) is 0 Å². The second-order valence-electron chi connectivity index (χ2n) is 2.50. The van der Waals surface area contributed by atoms with Crippen LogP contribution in [0.2, 0.25) is 0 Å². The van der Waals surface area contributed by atoms with Gasteiger partial charge in [0.05, 0.1) is 12.2 Å². The van der Waals surface area contributed by atoms with Crippen molar-refractivity contribution in [2.24, 2.45) is 0 Å². The van der Waals surface area contributed by atoms with Crippen LogP contribution in [0.25, 0.3) is 0 Å². The zero-order chi connectivity index (χ0) is 5.56. The first kappa shape index (κ1) is 4.77. The maximum atomic E-state index is 5.34. The van der Waals surface area contributed by atoms with Crippen molar-refractivity contribution in [3.8, 4) is 0 Å². The third-order valence-electron chi connectivity index (χ3n) is 1.93. The zero-order valence-electron chi connectivity index (χ0n) is 4.96. The molecule has 2 rings (SSSR count). The molecule has 0 bridgehead atoms. The molecule has 0 aliphatic carbocycles. The van der Waals surface area contributed by atoms with Crippen molar-refractivity contribution in [1.29, 1.82) is 0 Å². The summed E-state index contributed by atoms with van der Waals surface area (Å²) in [7, 11) is 0. The molecule has 0 spiro atoms. The lowest BCUT2D eigenvalue weighted by Gasteiger charge is -2.36. The van der Waals surface area contributed by atoms with Gasteiger partial charge < -0.3 is 9.47 Å². The van der Waals surface area contributed by atoms with Gasteiger partial charge in [-0.25, -0.2) is 0 Å². The Kier molecular flexibility index (Phi) is 0.866. The van der Waals surface area contributed by atoms with Crippen LogP contribution in [0.3, 0.4) is 0 Å². The van der Waals surface area contributed by atoms with Crippen LogP contribution in [0, 0.1) is 0 Å². The lowest BCUT2D eigenvalue weighted by Crippen LogP contribution is -2.48. The molecule has 8 heavy (non-hydrogen) atoms. The van der Waals surface area contributed by atoms with Crippen molar-refractivity contribution in [3.05, 3.63) is 0 Å². The molecule has 0 unspecified atom stereocenters. The summed E-state index contributed by atoms with van der Waals surface area (Å²) < 4.78 is 10.7. The molecular formula is C6H10O2. The van der Waals surface area contributed by atoms with E-state index < -0.39 is 0 Å². The molecule has 0 aromatic carbocycles. The van der Waals surface area contributed by atoms with E-state index in [0.29, 0.717) is 18.3 Å². The van der Waals surface area contributed by atoms with E-state index in [-0.39, 0.29) is 0 Å². The normalized spacial score (nSPS) is 52.9. The minimum absolute atomic E-state index is 0.363. The smallest absolute Gasteiger partial charge is 0.110 e. The minimum Gasteiger partial charge on any atom is -0.373 e. The topological polar surface area (TPSA) is 18.5 Å². The molecule has 3 atom stereocenters. The second-order valence-corrected chi connectivity index (χ2v) is 2.50. The number of hydrogen-bond acceptors (Lipinski definition) is 2. The quantitative estimate of drug-likeness (QED) is 0.458. The molecule has 2 heteroatoms. The Balaban J connectivity index is 2.02. The van der Waals surface area contributed by atoms with Crippen LogP contribution in [0.5, 0.6) is 0 Å². The van der Waals surface area contributed by atoms with Crippen LogP contribution in [0.4, 0.5) is 0 Å². The maximum absolute atomic E-state index is 5.34. The Hall–Kier alpha value is -0.0800. The largest absolute Gasteiger partial charge is 0.373 e. The van der Waals surface area contributed by atoms with Gasteiger partial charge in [0.25, 0.3) is 0 Å². The molecule has 0 N–H and O–H groups in total. The van der Waals surface area contributed by atoms with E-state index in [1.54, 1.807) is 0 Å². The van der Waals surface area contributed by atoms with Crippen molar-refractivity contribution in [1.82, 2.24) is 0 Å². The van der Waals surface area contributed by atoms with Gasteiger partial charge in [-0.15, -0.1) is 0 Å². The van der Waals surface area contributed by atoms with Crippen molar-refractivity contribution >= 4 is 0 Å². The average Bonchev–Trinajstić information content (AvgIpc) is 2.09. The number of ether oxygens (including phenoxy) is 2. The standard InChI is InChI=1S/C6H10O2/c1-4-6-5(8-4)2-3-7-6/h4-6H,2-3H2,1H3/t4-,5+,6+/m0/s1. The number of hydrogen-bond donors (Lipinski definition) is 0. The van der Waals surface area contributed by atoms with Crippen molar-refractivity contribution in [2.45, 2.75) is 31.7 Å². The molecule has 0 radical (unpaired) electrons. The van der Waals surface area contributed by atoms with E-state index in [0.717, 1.165) is 13.0 Å². The summed E-state index contributed by atoms with van der Waals surface area (Å²) in [4.78, 5) is 0. The van der Waals surface area contributed by atoms with Gasteiger partial charge in [0, 0.05) is 6.61 Å². The van der Waals surface area contributed by atoms with Gasteiger partial charge in [-0.05, 0) is 13.3 Å². The highest BCUT2D eigenvalue weighted by atomic mass is 16.6. The predicted molar refractivity (Wildman–Crippen MR) is 28.7 cm³/mol. The lowest BCUT2D eigenvalue weighted by molar-refractivity contribution is -0.189. The molecule has 0 aromatic heterocycles. The fraction of sp³-hybridized carbons (Fsp3) is 1.00. The van der Waals surface area contributed by atoms with Gasteiger partial charge in [-0.3, -0.25) is 0 Å². The summed E-state index contributed by atoms with van der Waals surface area (Å²) in [6, 6.07) is 0. The summed E-state index contributed by atoms with van der Waals surface area (Å²) in [5.74, 6) is 0. The molecule has 2 aliphatic rings. The van der Waals surface area contributed by atoms with Gasteiger partial charge >= 0.3 is 0 Å². The summed E-state index contributed by atoms with van der Waals surface area (Å²) in [5, 5.41) is 0. The number of fused-ring (bicyclic) bond motifs is 1. The Morgan fingerprint density at radius 2 is 2.38 bits per heavy atom. The summed E-state index contributed by atoms with van der Waals surface area (Å²) in [6.45, 7) is 2.96. The first-order chi connectivity index (χ1) is 3.88. The molecule has 2 nitrogen and oxygen atoms in total. The molecule has 2 heterocycles. The average molecular weight is 114 g/mol. The monoisotopic (exact) mass is 114 g/mol. The van der Waals surface area contributed by atoms with Crippen LogP contribution in [-0.2, 0) is 9.47 Å². The molecule has 46 valence electrons. The first-order valence-corrected chi connectivity index (χ1v) is 3.15. The maximum Gasteiger partial charge on any atom is 0.110 e. The molecule has 0 aromatic rings. The van der Waals surface area contributed by atoms with E-state index in [2.05, 4.69) is 6.92 Å². The van der Waals surface area contributed by atoms with Crippen LogP contribution in [0.15, 0.2) is 0 Å². The molecule has 2 saturated heterocycles. The van der Waals surface area contributed by atoms with Crippen molar-refractivity contribution in [2.75, 3.05) is 6.61 Å². The van der Waals surface area contributed by atoms with Crippen LogP contribution in [0.1, 0.15) is 13.3 Å². The Bertz CT molecular complexity index is 103.